The first-order chi connectivity index (χ1) is 14.6. The predicted molar refractivity (Wildman–Crippen MR) is 122 cm³/mol. The van der Waals surface area contributed by atoms with E-state index in [0.717, 1.165) is 25.8 Å². The standard InChI is InChI=1S/C25H26N2O.C2H6/c1-14-8-9-15-12-19-24(2)13-17-16-6-4-5-7-18(16)27(3)21(17)23-25(24,10-11-26-19)20(15)22(14)28-23;1-2/h4-9,19,23,26H,10-13H2,1-3H3;1-2H3/t19-,23+,24+,25+;/m1./s1. The number of piperidine rings is 1. The smallest absolute Gasteiger partial charge is 0.149 e. The van der Waals surface area contributed by atoms with E-state index < -0.39 is 0 Å². The minimum Gasteiger partial charge on any atom is -0.483 e. The first kappa shape index (κ1) is 18.5. The fourth-order valence-electron chi connectivity index (χ4n) is 7.46. The van der Waals surface area contributed by atoms with Crippen molar-refractivity contribution in [2.75, 3.05) is 6.54 Å². The van der Waals surface area contributed by atoms with E-state index in [2.05, 4.69) is 67.2 Å². The largest absolute Gasteiger partial charge is 0.483 e. The van der Waals surface area contributed by atoms with Crippen molar-refractivity contribution in [2.45, 2.75) is 64.5 Å². The van der Waals surface area contributed by atoms with Crippen molar-refractivity contribution in [3.05, 3.63) is 64.3 Å². The maximum atomic E-state index is 6.96. The summed E-state index contributed by atoms with van der Waals surface area (Å²) in [5, 5.41) is 5.32. The van der Waals surface area contributed by atoms with E-state index >= 15 is 0 Å². The lowest BCUT2D eigenvalue weighted by Crippen LogP contribution is -2.68. The summed E-state index contributed by atoms with van der Waals surface area (Å²) in [6, 6.07) is 14.1. The molecule has 4 atom stereocenters. The molecule has 3 heteroatoms. The molecule has 1 fully saturated rings. The molecule has 1 aromatic heterocycles. The summed E-state index contributed by atoms with van der Waals surface area (Å²) < 4.78 is 9.39. The summed E-state index contributed by atoms with van der Waals surface area (Å²) in [5.74, 6) is 1.19. The number of aryl methyl sites for hydroxylation is 2. The Labute approximate surface area is 179 Å². The van der Waals surface area contributed by atoms with Gasteiger partial charge in [0.15, 0.2) is 0 Å². The molecule has 2 aromatic carbocycles. The molecule has 3 aromatic rings. The van der Waals surface area contributed by atoms with Gasteiger partial charge in [-0.15, -0.1) is 0 Å². The zero-order valence-electron chi connectivity index (χ0n) is 18.8. The molecule has 1 N–H and O–H groups in total. The van der Waals surface area contributed by atoms with Crippen LogP contribution in [0.2, 0.25) is 0 Å². The number of rotatable bonds is 0. The fourth-order valence-corrected chi connectivity index (χ4v) is 7.46. The van der Waals surface area contributed by atoms with E-state index in [9.17, 15) is 0 Å². The topological polar surface area (TPSA) is 26.2 Å². The predicted octanol–water partition coefficient (Wildman–Crippen LogP) is 5.36. The van der Waals surface area contributed by atoms with Gasteiger partial charge in [-0.05, 0) is 55.5 Å². The minimum atomic E-state index is 0.0903. The highest BCUT2D eigenvalue weighted by atomic mass is 16.5. The molecule has 2 aliphatic carbocycles. The van der Waals surface area contributed by atoms with Gasteiger partial charge >= 0.3 is 0 Å². The maximum Gasteiger partial charge on any atom is 0.149 e. The number of nitrogens with zero attached hydrogens (tertiary/aromatic N) is 1. The van der Waals surface area contributed by atoms with Crippen molar-refractivity contribution < 1.29 is 4.74 Å². The highest BCUT2D eigenvalue weighted by Gasteiger charge is 2.69. The first-order valence-corrected chi connectivity index (χ1v) is 11.7. The molecule has 3 nitrogen and oxygen atoms in total. The number of benzene rings is 2. The normalized spacial score (nSPS) is 32.0. The molecular formula is C27H32N2O. The number of aromatic nitrogens is 1. The van der Waals surface area contributed by atoms with Gasteiger partial charge in [-0.2, -0.15) is 0 Å². The van der Waals surface area contributed by atoms with Crippen molar-refractivity contribution in [2.24, 2.45) is 12.5 Å². The summed E-state index contributed by atoms with van der Waals surface area (Å²) in [7, 11) is 2.24. The van der Waals surface area contributed by atoms with Crippen molar-refractivity contribution in [1.82, 2.24) is 9.88 Å². The van der Waals surface area contributed by atoms with Crippen LogP contribution in [0.3, 0.4) is 0 Å². The molecule has 3 heterocycles. The summed E-state index contributed by atoms with van der Waals surface area (Å²) in [4.78, 5) is 0. The molecule has 0 amide bonds. The summed E-state index contributed by atoms with van der Waals surface area (Å²) >= 11 is 0. The van der Waals surface area contributed by atoms with Gasteiger partial charge in [0.1, 0.15) is 11.9 Å². The van der Waals surface area contributed by atoms with Crippen molar-refractivity contribution in [1.29, 1.82) is 0 Å². The second-order valence-electron chi connectivity index (χ2n) is 9.71. The van der Waals surface area contributed by atoms with Crippen LogP contribution >= 0.6 is 0 Å². The van der Waals surface area contributed by atoms with E-state index in [0.29, 0.717) is 6.04 Å². The lowest BCUT2D eigenvalue weighted by molar-refractivity contribution is -0.0438. The van der Waals surface area contributed by atoms with E-state index in [1.165, 1.54) is 39.0 Å². The van der Waals surface area contributed by atoms with Gasteiger partial charge in [0, 0.05) is 35.0 Å². The van der Waals surface area contributed by atoms with Crippen molar-refractivity contribution >= 4 is 10.9 Å². The van der Waals surface area contributed by atoms with Crippen LogP contribution in [-0.4, -0.2) is 17.2 Å². The zero-order valence-corrected chi connectivity index (χ0v) is 18.8. The average molecular weight is 401 g/mol. The minimum absolute atomic E-state index is 0.0903. The van der Waals surface area contributed by atoms with E-state index in [1.54, 1.807) is 5.56 Å². The van der Waals surface area contributed by atoms with Crippen LogP contribution in [0.5, 0.6) is 5.75 Å². The molecule has 0 radical (unpaired) electrons. The molecule has 2 aliphatic heterocycles. The highest BCUT2D eigenvalue weighted by Crippen LogP contribution is 2.70. The third-order valence-electron chi connectivity index (χ3n) is 8.75. The van der Waals surface area contributed by atoms with Gasteiger partial charge in [0.2, 0.25) is 0 Å². The van der Waals surface area contributed by atoms with Crippen LogP contribution in [0.1, 0.15) is 61.2 Å². The highest BCUT2D eigenvalue weighted by molar-refractivity contribution is 5.87. The summed E-state index contributed by atoms with van der Waals surface area (Å²) in [5.41, 5.74) is 8.90. The van der Waals surface area contributed by atoms with E-state index in [1.807, 2.05) is 13.8 Å². The van der Waals surface area contributed by atoms with Crippen LogP contribution in [0, 0.1) is 12.3 Å². The van der Waals surface area contributed by atoms with Gasteiger partial charge in [-0.3, -0.25) is 0 Å². The van der Waals surface area contributed by atoms with Crippen LogP contribution in [0.4, 0.5) is 0 Å². The van der Waals surface area contributed by atoms with Crippen LogP contribution in [0.15, 0.2) is 36.4 Å². The molecule has 1 spiro atoms. The molecule has 30 heavy (non-hydrogen) atoms. The molecule has 2 bridgehead atoms. The third kappa shape index (κ3) is 1.83. The Hall–Kier alpha value is -2.26. The van der Waals surface area contributed by atoms with Gasteiger partial charge < -0.3 is 14.6 Å². The molecule has 1 saturated heterocycles. The molecule has 0 saturated carbocycles. The zero-order chi connectivity index (χ0) is 20.8. The number of hydrogen-bond donors (Lipinski definition) is 1. The second kappa shape index (κ2) is 5.91. The van der Waals surface area contributed by atoms with Gasteiger partial charge in [0.05, 0.1) is 11.1 Å². The SMILES string of the molecule is CC.Cc1ccc2c3c1O[C@H]1c4c(c5ccccc5n4C)C[C@@]4(C)[C@@H](C2)NCC[C@]314. The quantitative estimate of drug-likeness (QED) is 0.549. The number of hydrogen-bond acceptors (Lipinski definition) is 2. The van der Waals surface area contributed by atoms with Gasteiger partial charge in [-0.1, -0.05) is 51.1 Å². The number of fused-ring (bicyclic) bond motifs is 4. The van der Waals surface area contributed by atoms with Gasteiger partial charge in [0.25, 0.3) is 0 Å². The van der Waals surface area contributed by atoms with Crippen molar-refractivity contribution in [3.8, 4) is 5.75 Å². The number of nitrogens with one attached hydrogen (secondary N) is 1. The summed E-state index contributed by atoms with van der Waals surface area (Å²) in [6.45, 7) is 9.86. The molecular weight excluding hydrogens is 368 g/mol. The monoisotopic (exact) mass is 400 g/mol. The Kier molecular flexibility index (Phi) is 3.65. The number of ether oxygens (including phenoxy) is 1. The Morgan fingerprint density at radius 3 is 2.77 bits per heavy atom. The summed E-state index contributed by atoms with van der Waals surface area (Å²) in [6.07, 6.45) is 3.54. The van der Waals surface area contributed by atoms with Crippen LogP contribution in [-0.2, 0) is 25.3 Å². The van der Waals surface area contributed by atoms with E-state index in [4.69, 9.17) is 4.74 Å². The first-order valence-electron chi connectivity index (χ1n) is 11.7. The Balaban J connectivity index is 0.000000852. The third-order valence-corrected chi connectivity index (χ3v) is 8.75. The Morgan fingerprint density at radius 1 is 1.13 bits per heavy atom. The average Bonchev–Trinajstić information content (AvgIpc) is 3.23. The van der Waals surface area contributed by atoms with E-state index in [-0.39, 0.29) is 16.9 Å². The van der Waals surface area contributed by atoms with Crippen molar-refractivity contribution in [3.63, 3.8) is 0 Å². The Morgan fingerprint density at radius 2 is 1.93 bits per heavy atom. The van der Waals surface area contributed by atoms with Gasteiger partial charge in [-0.25, -0.2) is 0 Å². The molecule has 0 unspecified atom stereocenters. The lowest BCUT2D eigenvalue weighted by atomic mass is 9.44. The fraction of sp³-hybridized carbons (Fsp3) is 0.481. The molecule has 156 valence electrons. The molecule has 7 rings (SSSR count). The molecule has 4 aliphatic rings. The maximum absolute atomic E-state index is 6.96. The van der Waals surface area contributed by atoms with Crippen LogP contribution in [0.25, 0.3) is 10.9 Å². The lowest BCUT2D eigenvalue weighted by Gasteiger charge is -2.61. The Bertz CT molecular complexity index is 1190. The second-order valence-corrected chi connectivity index (χ2v) is 9.71. The number of para-hydroxylation sites is 1. The van der Waals surface area contributed by atoms with Crippen LogP contribution < -0.4 is 10.1 Å².